The number of aliphatic hydroxyl groups is 1. The van der Waals surface area contributed by atoms with Gasteiger partial charge in [0.1, 0.15) is 23.9 Å². The summed E-state index contributed by atoms with van der Waals surface area (Å²) in [5, 5.41) is 11.1. The van der Waals surface area contributed by atoms with Gasteiger partial charge in [0.2, 0.25) is 0 Å². The zero-order valence-corrected chi connectivity index (χ0v) is 19.0. The van der Waals surface area contributed by atoms with Gasteiger partial charge in [0.05, 0.1) is 18.2 Å². The maximum absolute atomic E-state index is 13.1. The molecule has 1 atom stereocenters. The van der Waals surface area contributed by atoms with Crippen molar-refractivity contribution < 1.29 is 28.9 Å². The predicted octanol–water partition coefficient (Wildman–Crippen LogP) is 4.11. The normalized spacial score (nSPS) is 17.3. The third-order valence-electron chi connectivity index (χ3n) is 5.27. The molecule has 1 unspecified atom stereocenters. The van der Waals surface area contributed by atoms with Gasteiger partial charge in [0.15, 0.2) is 0 Å². The molecule has 0 aliphatic carbocycles. The Morgan fingerprint density at radius 1 is 1.12 bits per heavy atom. The van der Waals surface area contributed by atoms with Gasteiger partial charge < -0.3 is 24.2 Å². The van der Waals surface area contributed by atoms with Crippen molar-refractivity contribution in [3.8, 4) is 11.5 Å². The maximum atomic E-state index is 13.1. The van der Waals surface area contributed by atoms with Crippen molar-refractivity contribution >= 4 is 17.4 Å². The average Bonchev–Trinajstić information content (AvgIpc) is 3.08. The number of aliphatic hydroxyl groups excluding tert-OH is 1. The molecule has 1 aliphatic heterocycles. The van der Waals surface area contributed by atoms with Crippen LogP contribution in [0.25, 0.3) is 5.76 Å². The number of likely N-dealkylation sites (tertiary alicyclic amines) is 1. The Bertz CT molecular complexity index is 1030. The fraction of sp³-hybridized carbons (Fsp3) is 0.308. The van der Waals surface area contributed by atoms with Gasteiger partial charge >= 0.3 is 0 Å². The number of ketones is 1. The Hall–Kier alpha value is -3.58. The second kappa shape index (κ2) is 11.3. The number of Topliss-reactive ketones (excluding diaryl/α,β-unsaturated/α-hetero) is 1. The van der Waals surface area contributed by atoms with Crippen LogP contribution in [0.4, 0.5) is 0 Å². The molecular formula is C26H29NO6. The summed E-state index contributed by atoms with van der Waals surface area (Å²) in [6, 6.07) is 13.2. The van der Waals surface area contributed by atoms with Gasteiger partial charge in [-0.2, -0.15) is 0 Å². The smallest absolute Gasteiger partial charge is 0.295 e. The third kappa shape index (κ3) is 5.43. The minimum absolute atomic E-state index is 0.0471. The number of carbonyl (C=O) groups is 2. The highest BCUT2D eigenvalue weighted by atomic mass is 16.5. The zero-order chi connectivity index (χ0) is 23.8. The lowest BCUT2D eigenvalue weighted by molar-refractivity contribution is -0.140. The predicted molar refractivity (Wildman–Crippen MR) is 125 cm³/mol. The second-order valence-corrected chi connectivity index (χ2v) is 7.47. The number of methoxy groups -OCH3 is 1. The Labute approximate surface area is 193 Å². The average molecular weight is 452 g/mol. The summed E-state index contributed by atoms with van der Waals surface area (Å²) in [5.74, 6) is -0.368. The summed E-state index contributed by atoms with van der Waals surface area (Å²) in [5.41, 5.74) is 1.15. The SMILES string of the molecule is C=CCOc1ccc(/C(O)=C2\C(=O)C(=O)N(CCCOC)C2c2cccc(OCC)c2)cc1. The van der Waals surface area contributed by atoms with E-state index in [1.165, 1.54) is 4.90 Å². The summed E-state index contributed by atoms with van der Waals surface area (Å²) >= 11 is 0. The number of ether oxygens (including phenoxy) is 3. The van der Waals surface area contributed by atoms with Crippen LogP contribution >= 0.6 is 0 Å². The Kier molecular flexibility index (Phi) is 8.27. The fourth-order valence-corrected chi connectivity index (χ4v) is 3.80. The van der Waals surface area contributed by atoms with Gasteiger partial charge in [0, 0.05) is 25.8 Å². The number of hydrogen-bond acceptors (Lipinski definition) is 6. The van der Waals surface area contributed by atoms with Crippen LogP contribution in [-0.2, 0) is 14.3 Å². The van der Waals surface area contributed by atoms with Crippen molar-refractivity contribution in [2.45, 2.75) is 19.4 Å². The molecule has 174 valence electrons. The molecule has 1 heterocycles. The van der Waals surface area contributed by atoms with Crippen molar-refractivity contribution in [2.24, 2.45) is 0 Å². The highest BCUT2D eigenvalue weighted by Gasteiger charge is 2.45. The van der Waals surface area contributed by atoms with Gasteiger partial charge in [-0.15, -0.1) is 0 Å². The molecule has 0 saturated carbocycles. The molecule has 1 saturated heterocycles. The lowest BCUT2D eigenvalue weighted by Gasteiger charge is -2.25. The number of nitrogens with zero attached hydrogens (tertiary/aromatic N) is 1. The van der Waals surface area contributed by atoms with Crippen LogP contribution in [0.2, 0.25) is 0 Å². The van der Waals surface area contributed by atoms with E-state index in [9.17, 15) is 14.7 Å². The molecule has 2 aromatic rings. The van der Waals surface area contributed by atoms with Crippen molar-refractivity contribution in [2.75, 3.05) is 33.5 Å². The Morgan fingerprint density at radius 3 is 2.55 bits per heavy atom. The molecule has 7 heteroatoms. The summed E-state index contributed by atoms with van der Waals surface area (Å²) < 4.78 is 16.2. The topological polar surface area (TPSA) is 85.3 Å². The van der Waals surface area contributed by atoms with Crippen LogP contribution in [0.3, 0.4) is 0 Å². The molecule has 1 amide bonds. The highest BCUT2D eigenvalue weighted by Crippen LogP contribution is 2.40. The molecule has 7 nitrogen and oxygen atoms in total. The van der Waals surface area contributed by atoms with Crippen LogP contribution < -0.4 is 9.47 Å². The lowest BCUT2D eigenvalue weighted by atomic mass is 9.95. The lowest BCUT2D eigenvalue weighted by Crippen LogP contribution is -2.31. The molecule has 2 aromatic carbocycles. The van der Waals surface area contributed by atoms with Crippen LogP contribution in [-0.4, -0.2) is 55.2 Å². The first kappa shape index (κ1) is 24.1. The first-order chi connectivity index (χ1) is 16.0. The molecule has 1 fully saturated rings. The molecule has 0 spiro atoms. The number of benzene rings is 2. The largest absolute Gasteiger partial charge is 0.507 e. The number of carbonyl (C=O) groups excluding carboxylic acids is 2. The molecule has 1 N–H and O–H groups in total. The van der Waals surface area contributed by atoms with Crippen LogP contribution in [0.1, 0.15) is 30.5 Å². The van der Waals surface area contributed by atoms with Gasteiger partial charge in [0.25, 0.3) is 11.7 Å². The van der Waals surface area contributed by atoms with Crippen LogP contribution in [0.5, 0.6) is 11.5 Å². The Morgan fingerprint density at radius 2 is 1.88 bits per heavy atom. The van der Waals surface area contributed by atoms with Crippen molar-refractivity contribution in [3.05, 3.63) is 77.9 Å². The molecule has 0 aromatic heterocycles. The van der Waals surface area contributed by atoms with Gasteiger partial charge in [-0.25, -0.2) is 0 Å². The van der Waals surface area contributed by atoms with Crippen LogP contribution in [0, 0.1) is 0 Å². The molecular weight excluding hydrogens is 422 g/mol. The van der Waals surface area contributed by atoms with Crippen molar-refractivity contribution in [3.63, 3.8) is 0 Å². The van der Waals surface area contributed by atoms with E-state index in [2.05, 4.69) is 6.58 Å². The van der Waals surface area contributed by atoms with E-state index in [4.69, 9.17) is 14.2 Å². The van der Waals surface area contributed by atoms with E-state index in [0.29, 0.717) is 55.4 Å². The van der Waals surface area contributed by atoms with Gasteiger partial charge in [-0.05, 0) is 55.3 Å². The minimum Gasteiger partial charge on any atom is -0.507 e. The molecule has 0 radical (unpaired) electrons. The van der Waals surface area contributed by atoms with E-state index in [-0.39, 0.29) is 11.3 Å². The maximum Gasteiger partial charge on any atom is 0.295 e. The van der Waals surface area contributed by atoms with E-state index in [0.717, 1.165) is 0 Å². The van der Waals surface area contributed by atoms with Crippen LogP contribution in [0.15, 0.2) is 66.8 Å². The quantitative estimate of drug-likeness (QED) is 0.182. The van der Waals surface area contributed by atoms with E-state index in [1.54, 1.807) is 49.6 Å². The summed E-state index contributed by atoms with van der Waals surface area (Å²) in [6.45, 7) is 7.09. The van der Waals surface area contributed by atoms with Gasteiger partial charge in [-0.1, -0.05) is 24.8 Å². The minimum atomic E-state index is -0.737. The molecule has 3 rings (SSSR count). The highest BCUT2D eigenvalue weighted by molar-refractivity contribution is 6.46. The zero-order valence-electron chi connectivity index (χ0n) is 19.0. The van der Waals surface area contributed by atoms with E-state index < -0.39 is 17.7 Å². The van der Waals surface area contributed by atoms with Gasteiger partial charge in [-0.3, -0.25) is 9.59 Å². The first-order valence-corrected chi connectivity index (χ1v) is 10.9. The van der Waals surface area contributed by atoms with Crippen molar-refractivity contribution in [1.82, 2.24) is 4.90 Å². The summed E-state index contributed by atoms with van der Waals surface area (Å²) in [6.07, 6.45) is 2.19. The first-order valence-electron chi connectivity index (χ1n) is 10.9. The fourth-order valence-electron chi connectivity index (χ4n) is 3.80. The second-order valence-electron chi connectivity index (χ2n) is 7.47. The standard InChI is InChI=1S/C26H29NO6/c1-4-15-33-20-12-10-18(11-13-20)24(28)22-23(19-8-6-9-21(17-19)32-5-2)27(14-7-16-31-3)26(30)25(22)29/h4,6,8-13,17,23,28H,1,5,7,14-16H2,2-3H3/b24-22+. The monoisotopic (exact) mass is 451 g/mol. The number of rotatable bonds is 11. The van der Waals surface area contributed by atoms with E-state index in [1.807, 2.05) is 19.1 Å². The molecule has 0 bridgehead atoms. The van der Waals surface area contributed by atoms with Crippen molar-refractivity contribution in [1.29, 1.82) is 0 Å². The number of amides is 1. The third-order valence-corrected chi connectivity index (χ3v) is 5.27. The Balaban J connectivity index is 2.05. The molecule has 1 aliphatic rings. The van der Waals surface area contributed by atoms with E-state index >= 15 is 0 Å². The summed E-state index contributed by atoms with van der Waals surface area (Å²) in [7, 11) is 1.58. The summed E-state index contributed by atoms with van der Waals surface area (Å²) in [4.78, 5) is 27.5. The number of hydrogen-bond donors (Lipinski definition) is 1. The molecule has 33 heavy (non-hydrogen) atoms.